The van der Waals surface area contributed by atoms with E-state index < -0.39 is 0 Å². The number of benzene rings is 2. The molecule has 0 unspecified atom stereocenters. The molecular formula is C17H19BrClNO2. The highest BCUT2D eigenvalue weighted by molar-refractivity contribution is 9.10. The topological polar surface area (TPSA) is 30.5 Å². The van der Waals surface area contributed by atoms with Crippen molar-refractivity contribution in [1.29, 1.82) is 0 Å². The zero-order valence-corrected chi connectivity index (χ0v) is 15.2. The molecule has 0 spiro atoms. The van der Waals surface area contributed by atoms with Crippen LogP contribution in [0.4, 0.5) is 5.69 Å². The Kier molecular flexibility index (Phi) is 5.98. The predicted molar refractivity (Wildman–Crippen MR) is 95.4 cm³/mol. The van der Waals surface area contributed by atoms with Crippen molar-refractivity contribution in [3.8, 4) is 11.5 Å². The lowest BCUT2D eigenvalue weighted by molar-refractivity contribution is 0.311. The van der Waals surface area contributed by atoms with Crippen LogP contribution in [-0.4, -0.2) is 13.7 Å². The fraction of sp³-hybridized carbons (Fsp3) is 0.294. The molecule has 0 amide bonds. The van der Waals surface area contributed by atoms with Gasteiger partial charge in [0.15, 0.2) is 11.5 Å². The van der Waals surface area contributed by atoms with Crippen molar-refractivity contribution in [1.82, 2.24) is 0 Å². The molecule has 2 rings (SSSR count). The largest absolute Gasteiger partial charge is 0.493 e. The molecule has 0 bridgehead atoms. The summed E-state index contributed by atoms with van der Waals surface area (Å²) in [4.78, 5) is 0. The number of nitrogens with one attached hydrogen (secondary N) is 1. The van der Waals surface area contributed by atoms with Crippen molar-refractivity contribution in [3.05, 3.63) is 51.0 Å². The van der Waals surface area contributed by atoms with Gasteiger partial charge >= 0.3 is 0 Å². The van der Waals surface area contributed by atoms with E-state index in [-0.39, 0.29) is 0 Å². The smallest absolute Gasteiger partial charge is 0.179 e. The SMILES string of the molecule is CCOc1c(Cl)cc(CNc2ccc(Br)cc2C)cc1OC. The molecular weight excluding hydrogens is 366 g/mol. The minimum absolute atomic E-state index is 0.547. The van der Waals surface area contributed by atoms with Crippen LogP contribution in [0.1, 0.15) is 18.1 Å². The van der Waals surface area contributed by atoms with Gasteiger partial charge in [0, 0.05) is 16.7 Å². The molecule has 0 aliphatic heterocycles. The average molecular weight is 385 g/mol. The molecule has 0 saturated carbocycles. The Morgan fingerprint density at radius 3 is 2.64 bits per heavy atom. The summed E-state index contributed by atoms with van der Waals surface area (Å²) in [7, 11) is 1.62. The lowest BCUT2D eigenvalue weighted by Crippen LogP contribution is -2.03. The van der Waals surface area contributed by atoms with Crippen LogP contribution in [-0.2, 0) is 6.54 Å². The number of anilines is 1. The normalized spacial score (nSPS) is 10.4. The summed E-state index contributed by atoms with van der Waals surface area (Å²) in [6.45, 7) is 5.19. The first kappa shape index (κ1) is 17.0. The minimum Gasteiger partial charge on any atom is -0.493 e. The first-order valence-corrected chi connectivity index (χ1v) is 8.21. The van der Waals surface area contributed by atoms with Crippen molar-refractivity contribution in [2.45, 2.75) is 20.4 Å². The van der Waals surface area contributed by atoms with Crippen LogP contribution >= 0.6 is 27.5 Å². The Morgan fingerprint density at radius 2 is 2.00 bits per heavy atom. The molecule has 5 heteroatoms. The summed E-state index contributed by atoms with van der Waals surface area (Å²) in [5.41, 5.74) is 3.30. The van der Waals surface area contributed by atoms with E-state index >= 15 is 0 Å². The molecule has 0 aliphatic rings. The van der Waals surface area contributed by atoms with E-state index in [0.717, 1.165) is 15.7 Å². The molecule has 0 fully saturated rings. The third-order valence-corrected chi connectivity index (χ3v) is 4.02. The Morgan fingerprint density at radius 1 is 1.23 bits per heavy atom. The highest BCUT2D eigenvalue weighted by Gasteiger charge is 2.11. The second kappa shape index (κ2) is 7.75. The molecule has 0 heterocycles. The van der Waals surface area contributed by atoms with Gasteiger partial charge in [-0.15, -0.1) is 0 Å². The zero-order valence-electron chi connectivity index (χ0n) is 12.9. The van der Waals surface area contributed by atoms with Gasteiger partial charge in [-0.1, -0.05) is 27.5 Å². The zero-order chi connectivity index (χ0) is 16.1. The number of halogens is 2. The molecule has 0 radical (unpaired) electrons. The lowest BCUT2D eigenvalue weighted by atomic mass is 10.1. The summed E-state index contributed by atoms with van der Waals surface area (Å²) in [5, 5.41) is 3.97. The Labute approximate surface area is 144 Å². The van der Waals surface area contributed by atoms with Gasteiger partial charge in [0.1, 0.15) is 0 Å². The van der Waals surface area contributed by atoms with Crippen molar-refractivity contribution in [3.63, 3.8) is 0 Å². The first-order valence-electron chi connectivity index (χ1n) is 7.04. The second-order valence-electron chi connectivity index (χ2n) is 4.85. The van der Waals surface area contributed by atoms with Gasteiger partial charge in [0.25, 0.3) is 0 Å². The third kappa shape index (κ3) is 4.08. The molecule has 0 saturated heterocycles. The average Bonchev–Trinajstić information content (AvgIpc) is 2.48. The molecule has 0 aromatic heterocycles. The van der Waals surface area contributed by atoms with Crippen LogP contribution in [0.5, 0.6) is 11.5 Å². The summed E-state index contributed by atoms with van der Waals surface area (Å²) in [5.74, 6) is 1.24. The van der Waals surface area contributed by atoms with E-state index in [1.165, 1.54) is 5.56 Å². The van der Waals surface area contributed by atoms with Gasteiger partial charge in [-0.2, -0.15) is 0 Å². The van der Waals surface area contributed by atoms with E-state index in [2.05, 4.69) is 34.2 Å². The van der Waals surface area contributed by atoms with E-state index in [0.29, 0.717) is 29.7 Å². The van der Waals surface area contributed by atoms with Crippen LogP contribution in [0.25, 0.3) is 0 Å². The lowest BCUT2D eigenvalue weighted by Gasteiger charge is -2.14. The number of hydrogen-bond acceptors (Lipinski definition) is 3. The van der Waals surface area contributed by atoms with E-state index in [4.69, 9.17) is 21.1 Å². The van der Waals surface area contributed by atoms with Crippen LogP contribution < -0.4 is 14.8 Å². The van der Waals surface area contributed by atoms with E-state index in [1.54, 1.807) is 7.11 Å². The molecule has 118 valence electrons. The van der Waals surface area contributed by atoms with Crippen LogP contribution in [0.2, 0.25) is 5.02 Å². The van der Waals surface area contributed by atoms with Crippen LogP contribution in [0, 0.1) is 6.92 Å². The van der Waals surface area contributed by atoms with Crippen LogP contribution in [0.15, 0.2) is 34.8 Å². The maximum atomic E-state index is 6.29. The van der Waals surface area contributed by atoms with Gasteiger partial charge in [-0.25, -0.2) is 0 Å². The monoisotopic (exact) mass is 383 g/mol. The molecule has 2 aromatic carbocycles. The molecule has 0 aliphatic carbocycles. The van der Waals surface area contributed by atoms with Crippen molar-refractivity contribution >= 4 is 33.2 Å². The highest BCUT2D eigenvalue weighted by Crippen LogP contribution is 2.36. The highest BCUT2D eigenvalue weighted by atomic mass is 79.9. The molecule has 0 atom stereocenters. The second-order valence-corrected chi connectivity index (χ2v) is 6.18. The van der Waals surface area contributed by atoms with Gasteiger partial charge in [0.05, 0.1) is 18.7 Å². The number of hydrogen-bond donors (Lipinski definition) is 1. The molecule has 3 nitrogen and oxygen atoms in total. The predicted octanol–water partition coefficient (Wildman–Crippen LogP) is 5.43. The number of rotatable bonds is 6. The number of ether oxygens (including phenoxy) is 2. The van der Waals surface area contributed by atoms with Crippen molar-refractivity contribution in [2.75, 3.05) is 19.0 Å². The van der Waals surface area contributed by atoms with E-state index in [9.17, 15) is 0 Å². The quantitative estimate of drug-likeness (QED) is 0.720. The maximum absolute atomic E-state index is 6.29. The van der Waals surface area contributed by atoms with Gasteiger partial charge in [0.2, 0.25) is 0 Å². The fourth-order valence-corrected chi connectivity index (χ4v) is 2.95. The third-order valence-electron chi connectivity index (χ3n) is 3.25. The maximum Gasteiger partial charge on any atom is 0.179 e. The standard InChI is InChI=1S/C17H19BrClNO2/c1-4-22-17-14(19)8-12(9-16(17)21-3)10-20-15-6-5-13(18)7-11(15)2/h5-9,20H,4,10H2,1-3H3. The number of methoxy groups -OCH3 is 1. The summed E-state index contributed by atoms with van der Waals surface area (Å²) >= 11 is 9.75. The van der Waals surface area contributed by atoms with Crippen LogP contribution in [0.3, 0.4) is 0 Å². The Balaban J connectivity index is 2.17. The molecule has 22 heavy (non-hydrogen) atoms. The molecule has 1 N–H and O–H groups in total. The van der Waals surface area contributed by atoms with Crippen molar-refractivity contribution in [2.24, 2.45) is 0 Å². The summed E-state index contributed by atoms with van der Waals surface area (Å²) < 4.78 is 12.0. The fourth-order valence-electron chi connectivity index (χ4n) is 2.18. The van der Waals surface area contributed by atoms with Gasteiger partial charge < -0.3 is 14.8 Å². The summed E-state index contributed by atoms with van der Waals surface area (Å²) in [6.07, 6.45) is 0. The summed E-state index contributed by atoms with van der Waals surface area (Å²) in [6, 6.07) is 9.98. The van der Waals surface area contributed by atoms with Gasteiger partial charge in [-0.05, 0) is 55.3 Å². The van der Waals surface area contributed by atoms with Crippen molar-refractivity contribution < 1.29 is 9.47 Å². The first-order chi connectivity index (χ1) is 10.5. The number of aryl methyl sites for hydroxylation is 1. The Bertz CT molecular complexity index is 661. The minimum atomic E-state index is 0.547. The Hall–Kier alpha value is -1.39. The van der Waals surface area contributed by atoms with Gasteiger partial charge in [-0.3, -0.25) is 0 Å². The molecule has 2 aromatic rings. The van der Waals surface area contributed by atoms with E-state index in [1.807, 2.05) is 31.2 Å².